The third-order valence-corrected chi connectivity index (χ3v) is 6.74. The van der Waals surface area contributed by atoms with Crippen LogP contribution in [-0.4, -0.2) is 68.0 Å². The first kappa shape index (κ1) is 30.7. The molecule has 0 aliphatic carbocycles. The molecule has 232 valence electrons. The fourth-order valence-corrected chi connectivity index (χ4v) is 4.83. The van der Waals surface area contributed by atoms with Crippen molar-refractivity contribution in [2.45, 2.75) is 58.4 Å². The number of rotatable bonds is 6. The molecule has 0 N–H and O–H groups in total. The quantitative estimate of drug-likeness (QED) is 0.243. The summed E-state index contributed by atoms with van der Waals surface area (Å²) in [5, 5.41) is 0.385. The Labute approximate surface area is 251 Å². The summed E-state index contributed by atoms with van der Waals surface area (Å²) in [6.07, 6.45) is 1.06. The summed E-state index contributed by atoms with van der Waals surface area (Å²) in [5.41, 5.74) is -2.63. The highest BCUT2D eigenvalue weighted by molar-refractivity contribution is 6.00. The normalized spacial score (nSPS) is 14.5. The van der Waals surface area contributed by atoms with Crippen molar-refractivity contribution in [2.24, 2.45) is 0 Å². The van der Waals surface area contributed by atoms with E-state index in [1.807, 2.05) is 0 Å². The van der Waals surface area contributed by atoms with Crippen LogP contribution in [0.1, 0.15) is 56.6 Å². The van der Waals surface area contributed by atoms with Gasteiger partial charge in [-0.15, -0.1) is 0 Å². The van der Waals surface area contributed by atoms with Crippen LogP contribution in [0.25, 0.3) is 22.3 Å². The van der Waals surface area contributed by atoms with E-state index in [1.165, 1.54) is 17.7 Å². The van der Waals surface area contributed by atoms with E-state index in [-0.39, 0.29) is 24.1 Å². The molecule has 1 aliphatic heterocycles. The second kappa shape index (κ2) is 12.1. The monoisotopic (exact) mass is 612 g/mol. The molecule has 0 spiro atoms. The number of aromatic nitrogens is 5. The summed E-state index contributed by atoms with van der Waals surface area (Å²) >= 11 is 0. The molecule has 4 heterocycles. The Morgan fingerprint density at radius 2 is 1.75 bits per heavy atom. The molecule has 44 heavy (non-hydrogen) atoms. The number of esters is 1. The third-order valence-electron chi connectivity index (χ3n) is 6.74. The lowest BCUT2D eigenvalue weighted by atomic mass is 10.1. The second-order valence-electron chi connectivity index (χ2n) is 11.1. The molecule has 1 saturated heterocycles. The smallest absolute Gasteiger partial charge is 0.434 e. The Bertz CT molecular complexity index is 1660. The summed E-state index contributed by atoms with van der Waals surface area (Å²) in [6.45, 7) is 7.84. The van der Waals surface area contributed by atoms with E-state index in [2.05, 4.69) is 24.8 Å². The van der Waals surface area contributed by atoms with Gasteiger partial charge in [0.05, 0.1) is 12.1 Å². The van der Waals surface area contributed by atoms with Gasteiger partial charge in [-0.25, -0.2) is 29.5 Å². The van der Waals surface area contributed by atoms with Crippen LogP contribution in [0.3, 0.4) is 0 Å². The molecule has 0 bridgehead atoms. The molecule has 5 rings (SSSR count). The van der Waals surface area contributed by atoms with E-state index >= 15 is 0 Å². The van der Waals surface area contributed by atoms with Crippen molar-refractivity contribution in [1.29, 1.82) is 0 Å². The van der Waals surface area contributed by atoms with E-state index in [4.69, 9.17) is 14.2 Å². The fourth-order valence-electron chi connectivity index (χ4n) is 4.83. The molecule has 3 aromatic heterocycles. The van der Waals surface area contributed by atoms with Gasteiger partial charge in [-0.1, -0.05) is 0 Å². The average Bonchev–Trinajstić information content (AvgIpc) is 3.36. The van der Waals surface area contributed by atoms with Crippen molar-refractivity contribution in [3.05, 3.63) is 60.3 Å². The van der Waals surface area contributed by atoms with Crippen molar-refractivity contribution in [3.63, 3.8) is 0 Å². The number of hydrogen-bond donors (Lipinski definition) is 0. The number of anilines is 1. The number of benzene rings is 1. The highest BCUT2D eigenvalue weighted by Gasteiger charge is 2.39. The molecule has 0 amide bonds. The molecule has 0 saturated carbocycles. The molecule has 4 aromatic rings. The van der Waals surface area contributed by atoms with Crippen molar-refractivity contribution < 1.29 is 37.0 Å². The van der Waals surface area contributed by atoms with Gasteiger partial charge >= 0.3 is 18.2 Å². The Balaban J connectivity index is 1.49. The van der Waals surface area contributed by atoms with Crippen LogP contribution in [0, 0.1) is 0 Å². The van der Waals surface area contributed by atoms with Gasteiger partial charge in [0, 0.05) is 67.7 Å². The van der Waals surface area contributed by atoms with Crippen LogP contribution in [0.4, 0.5) is 23.9 Å². The number of carbonyl (C=O) groups is 2. The molecule has 0 atom stereocenters. The first-order valence-corrected chi connectivity index (χ1v) is 14.0. The van der Waals surface area contributed by atoms with E-state index < -0.39 is 35.1 Å². The maximum atomic E-state index is 14.0. The van der Waals surface area contributed by atoms with Crippen LogP contribution >= 0.6 is 0 Å². The number of carbonyl (C=O) groups excluding carboxylic acids is 2. The zero-order chi connectivity index (χ0) is 31.6. The zero-order valence-electron chi connectivity index (χ0n) is 24.6. The predicted octanol–water partition coefficient (Wildman–Crippen LogP) is 5.91. The Hall–Kier alpha value is -4.75. The van der Waals surface area contributed by atoms with Crippen LogP contribution in [0.2, 0.25) is 0 Å². The largest absolute Gasteiger partial charge is 0.490 e. The van der Waals surface area contributed by atoms with Gasteiger partial charge in [-0.2, -0.15) is 13.2 Å². The average molecular weight is 613 g/mol. The van der Waals surface area contributed by atoms with Crippen LogP contribution < -0.4 is 9.64 Å². The minimum Gasteiger partial charge on any atom is -0.490 e. The maximum absolute atomic E-state index is 14.0. The lowest BCUT2D eigenvalue weighted by Crippen LogP contribution is -2.39. The van der Waals surface area contributed by atoms with Gasteiger partial charge in [0.25, 0.3) is 0 Å². The maximum Gasteiger partial charge on any atom is 0.434 e. The third kappa shape index (κ3) is 6.74. The number of alkyl halides is 3. The number of piperidine rings is 1. The van der Waals surface area contributed by atoms with Crippen LogP contribution in [0.5, 0.6) is 5.75 Å². The molecule has 0 radical (unpaired) electrons. The first-order valence-electron chi connectivity index (χ1n) is 14.0. The van der Waals surface area contributed by atoms with Crippen molar-refractivity contribution in [1.82, 2.24) is 24.5 Å². The summed E-state index contributed by atoms with van der Waals surface area (Å²) in [4.78, 5) is 43.9. The molecule has 0 unspecified atom stereocenters. The first-order chi connectivity index (χ1) is 20.8. The predicted molar refractivity (Wildman–Crippen MR) is 153 cm³/mol. The van der Waals surface area contributed by atoms with E-state index in [0.717, 1.165) is 6.20 Å². The van der Waals surface area contributed by atoms with Crippen molar-refractivity contribution >= 4 is 28.9 Å². The van der Waals surface area contributed by atoms with Gasteiger partial charge in [0.15, 0.2) is 11.5 Å². The molecule has 14 heteroatoms. The van der Waals surface area contributed by atoms with Gasteiger partial charge in [0.1, 0.15) is 23.0 Å². The molecular formula is C30H31F3N6O5. The highest BCUT2D eigenvalue weighted by atomic mass is 19.4. The summed E-state index contributed by atoms with van der Waals surface area (Å²) < 4.78 is 59.7. The topological polar surface area (TPSA) is 122 Å². The molecule has 1 aromatic carbocycles. The molecular weight excluding hydrogens is 581 g/mol. The number of nitrogens with zero attached hydrogens (tertiary/aromatic N) is 6. The van der Waals surface area contributed by atoms with Gasteiger partial charge in [-0.3, -0.25) is 4.57 Å². The van der Waals surface area contributed by atoms with Gasteiger partial charge < -0.3 is 19.1 Å². The molecule has 11 nitrogen and oxygen atoms in total. The number of halogens is 3. The standard InChI is InChI=1S/C30H31F3N6O5/c1-5-42-26(40)21-16-36-25(37-24(21)30(31,32)33)22-17-39(28(41)44-29(2,3)4)23-15-19(7-8-20(22)23)43-18-9-13-38(14-10-18)27-34-11-6-12-35-27/h6-8,11-12,15-18H,5,9-10,13-14H2,1-4H3. The number of ether oxygens (including phenoxy) is 3. The van der Waals surface area contributed by atoms with E-state index in [9.17, 15) is 22.8 Å². The van der Waals surface area contributed by atoms with Gasteiger partial charge in [-0.05, 0) is 45.9 Å². The Morgan fingerprint density at radius 3 is 2.39 bits per heavy atom. The highest BCUT2D eigenvalue weighted by Crippen LogP contribution is 2.36. The van der Waals surface area contributed by atoms with E-state index in [0.29, 0.717) is 48.5 Å². The molecule has 1 aliphatic rings. The number of fused-ring (bicyclic) bond motifs is 1. The summed E-state index contributed by atoms with van der Waals surface area (Å²) in [6, 6.07) is 6.69. The lowest BCUT2D eigenvalue weighted by molar-refractivity contribution is -0.141. The van der Waals surface area contributed by atoms with Crippen molar-refractivity contribution in [2.75, 3.05) is 24.6 Å². The SMILES string of the molecule is CCOC(=O)c1cnc(-c2cn(C(=O)OC(C)(C)C)c3cc(OC4CCN(c5ncccn5)CC4)ccc23)nc1C(F)(F)F. The van der Waals surface area contributed by atoms with Crippen LogP contribution in [-0.2, 0) is 15.7 Å². The summed E-state index contributed by atoms with van der Waals surface area (Å²) in [7, 11) is 0. The van der Waals surface area contributed by atoms with Crippen LogP contribution in [0.15, 0.2) is 49.1 Å². The van der Waals surface area contributed by atoms with E-state index in [1.54, 1.807) is 57.4 Å². The summed E-state index contributed by atoms with van der Waals surface area (Å²) in [5.74, 6) is -0.398. The number of hydrogen-bond acceptors (Lipinski definition) is 10. The lowest BCUT2D eigenvalue weighted by Gasteiger charge is -2.32. The minimum atomic E-state index is -4.97. The van der Waals surface area contributed by atoms with Gasteiger partial charge in [0.2, 0.25) is 5.95 Å². The minimum absolute atomic E-state index is 0.119. The Morgan fingerprint density at radius 1 is 1.05 bits per heavy atom. The molecule has 1 fully saturated rings. The fraction of sp³-hybridized carbons (Fsp3) is 0.400. The van der Waals surface area contributed by atoms with Crippen molar-refractivity contribution in [3.8, 4) is 17.1 Å². The zero-order valence-corrected chi connectivity index (χ0v) is 24.6. The second-order valence-corrected chi connectivity index (χ2v) is 11.1. The Kier molecular flexibility index (Phi) is 8.44.